The molecule has 2 aromatic heterocycles. The van der Waals surface area contributed by atoms with Crippen molar-refractivity contribution < 1.29 is 4.39 Å². The number of likely N-dealkylation sites (tertiary alicyclic amines) is 1. The van der Waals surface area contributed by atoms with Gasteiger partial charge in [0.2, 0.25) is 0 Å². The Kier molecular flexibility index (Phi) is 5.07. The van der Waals surface area contributed by atoms with Crippen molar-refractivity contribution in [2.45, 2.75) is 25.3 Å². The summed E-state index contributed by atoms with van der Waals surface area (Å²) in [6.07, 6.45) is 5.40. The van der Waals surface area contributed by atoms with E-state index in [2.05, 4.69) is 14.9 Å². The SMILES string of the molecule is O=c1cc(C2CCCN(Cc3cccc(F)c3)C2)nc(-c2cccnc2)[nH]1. The molecule has 1 atom stereocenters. The van der Waals surface area contributed by atoms with Gasteiger partial charge in [-0.1, -0.05) is 12.1 Å². The fourth-order valence-electron chi connectivity index (χ4n) is 3.66. The first-order valence-corrected chi connectivity index (χ1v) is 9.16. The average Bonchev–Trinajstić information content (AvgIpc) is 2.68. The Hall–Kier alpha value is -2.86. The Morgan fingerprint density at radius 1 is 1.22 bits per heavy atom. The molecule has 1 saturated heterocycles. The van der Waals surface area contributed by atoms with Crippen LogP contribution in [0.3, 0.4) is 0 Å². The van der Waals surface area contributed by atoms with Crippen molar-refractivity contribution in [2.24, 2.45) is 0 Å². The van der Waals surface area contributed by atoms with E-state index >= 15 is 0 Å². The molecule has 1 aromatic carbocycles. The summed E-state index contributed by atoms with van der Waals surface area (Å²) < 4.78 is 13.4. The minimum Gasteiger partial charge on any atom is -0.306 e. The molecule has 1 N–H and O–H groups in total. The van der Waals surface area contributed by atoms with Crippen LogP contribution >= 0.6 is 0 Å². The third kappa shape index (κ3) is 4.28. The largest absolute Gasteiger partial charge is 0.306 e. The summed E-state index contributed by atoms with van der Waals surface area (Å²) in [5.74, 6) is 0.524. The van der Waals surface area contributed by atoms with Crippen LogP contribution in [0.1, 0.15) is 30.0 Å². The molecule has 1 aliphatic rings. The van der Waals surface area contributed by atoms with Gasteiger partial charge in [-0.05, 0) is 49.2 Å². The van der Waals surface area contributed by atoms with E-state index in [9.17, 15) is 9.18 Å². The van der Waals surface area contributed by atoms with Gasteiger partial charge < -0.3 is 4.98 Å². The molecule has 1 unspecified atom stereocenters. The van der Waals surface area contributed by atoms with Crippen molar-refractivity contribution in [2.75, 3.05) is 13.1 Å². The summed E-state index contributed by atoms with van der Waals surface area (Å²) in [6.45, 7) is 2.47. The van der Waals surface area contributed by atoms with Gasteiger partial charge in [-0.3, -0.25) is 14.7 Å². The lowest BCUT2D eigenvalue weighted by molar-refractivity contribution is 0.198. The van der Waals surface area contributed by atoms with Gasteiger partial charge in [0.1, 0.15) is 11.6 Å². The molecule has 0 saturated carbocycles. The van der Waals surface area contributed by atoms with Crippen LogP contribution in [0.15, 0.2) is 59.7 Å². The van der Waals surface area contributed by atoms with Crippen LogP contribution in [0.5, 0.6) is 0 Å². The quantitative estimate of drug-likeness (QED) is 0.771. The number of aromatic nitrogens is 3. The third-order valence-corrected chi connectivity index (χ3v) is 4.92. The molecule has 0 aliphatic carbocycles. The smallest absolute Gasteiger partial charge is 0.251 e. The Morgan fingerprint density at radius 2 is 2.15 bits per heavy atom. The first-order valence-electron chi connectivity index (χ1n) is 9.16. The molecular weight excluding hydrogens is 343 g/mol. The Bertz CT molecular complexity index is 973. The van der Waals surface area contributed by atoms with Crippen LogP contribution in [0, 0.1) is 5.82 Å². The second-order valence-electron chi connectivity index (χ2n) is 6.96. The molecule has 1 aliphatic heterocycles. The molecule has 3 heterocycles. The number of pyridine rings is 1. The van der Waals surface area contributed by atoms with E-state index in [-0.39, 0.29) is 17.3 Å². The van der Waals surface area contributed by atoms with Crippen molar-refractivity contribution in [3.8, 4) is 11.4 Å². The number of H-pyrrole nitrogens is 1. The Morgan fingerprint density at radius 3 is 2.96 bits per heavy atom. The highest BCUT2D eigenvalue weighted by molar-refractivity contribution is 5.52. The molecule has 138 valence electrons. The van der Waals surface area contributed by atoms with Gasteiger partial charge in [0, 0.05) is 43.0 Å². The van der Waals surface area contributed by atoms with Crippen LogP contribution in [-0.4, -0.2) is 32.9 Å². The van der Waals surface area contributed by atoms with Crippen molar-refractivity contribution >= 4 is 0 Å². The maximum Gasteiger partial charge on any atom is 0.251 e. The molecule has 1 fully saturated rings. The first kappa shape index (κ1) is 17.5. The first-order chi connectivity index (χ1) is 13.2. The predicted octanol–water partition coefficient (Wildman–Crippen LogP) is 3.35. The van der Waals surface area contributed by atoms with E-state index in [4.69, 9.17) is 4.98 Å². The molecule has 6 heteroatoms. The summed E-state index contributed by atoms with van der Waals surface area (Å²) in [5, 5.41) is 0. The molecule has 4 rings (SSSR count). The molecule has 27 heavy (non-hydrogen) atoms. The molecule has 3 aromatic rings. The number of aromatic amines is 1. The van der Waals surface area contributed by atoms with Gasteiger partial charge in [0.25, 0.3) is 5.56 Å². The monoisotopic (exact) mass is 364 g/mol. The lowest BCUT2D eigenvalue weighted by atomic mass is 9.94. The van der Waals surface area contributed by atoms with Crippen LogP contribution < -0.4 is 5.56 Å². The highest BCUT2D eigenvalue weighted by Gasteiger charge is 2.23. The summed E-state index contributed by atoms with van der Waals surface area (Å²) in [4.78, 5) is 26.1. The van der Waals surface area contributed by atoms with E-state index < -0.39 is 0 Å². The number of rotatable bonds is 4. The topological polar surface area (TPSA) is 61.9 Å². The number of halogens is 1. The van der Waals surface area contributed by atoms with E-state index in [1.807, 2.05) is 18.2 Å². The zero-order chi connectivity index (χ0) is 18.6. The van der Waals surface area contributed by atoms with Gasteiger partial charge in [-0.25, -0.2) is 9.37 Å². The van der Waals surface area contributed by atoms with E-state index in [0.717, 1.165) is 42.8 Å². The Labute approximate surface area is 156 Å². The average molecular weight is 364 g/mol. The van der Waals surface area contributed by atoms with Crippen LogP contribution in [0.2, 0.25) is 0 Å². The van der Waals surface area contributed by atoms with Crippen LogP contribution in [0.4, 0.5) is 4.39 Å². The van der Waals surface area contributed by atoms with Crippen molar-refractivity contribution in [1.29, 1.82) is 0 Å². The Balaban J connectivity index is 1.54. The number of nitrogens with zero attached hydrogens (tertiary/aromatic N) is 3. The number of nitrogens with one attached hydrogen (secondary N) is 1. The minimum atomic E-state index is -0.210. The number of piperidine rings is 1. The fourth-order valence-corrected chi connectivity index (χ4v) is 3.66. The molecule has 0 radical (unpaired) electrons. The fraction of sp³-hybridized carbons (Fsp3) is 0.286. The second kappa shape index (κ2) is 7.80. The van der Waals surface area contributed by atoms with Crippen molar-refractivity contribution in [1.82, 2.24) is 19.9 Å². The summed E-state index contributed by atoms with van der Waals surface area (Å²) >= 11 is 0. The number of hydrogen-bond donors (Lipinski definition) is 1. The predicted molar refractivity (Wildman–Crippen MR) is 102 cm³/mol. The van der Waals surface area contributed by atoms with Crippen LogP contribution in [-0.2, 0) is 6.54 Å². The number of benzene rings is 1. The molecular formula is C21H21FN4O. The molecule has 0 spiro atoms. The van der Waals surface area contributed by atoms with Gasteiger partial charge in [-0.2, -0.15) is 0 Å². The van der Waals surface area contributed by atoms with Gasteiger partial charge in [0.15, 0.2) is 0 Å². The molecule has 0 amide bonds. The maximum atomic E-state index is 13.4. The highest BCUT2D eigenvalue weighted by atomic mass is 19.1. The number of hydrogen-bond acceptors (Lipinski definition) is 4. The third-order valence-electron chi connectivity index (χ3n) is 4.92. The van der Waals surface area contributed by atoms with E-state index in [1.54, 1.807) is 30.6 Å². The maximum absolute atomic E-state index is 13.4. The van der Waals surface area contributed by atoms with E-state index in [0.29, 0.717) is 12.4 Å². The zero-order valence-corrected chi connectivity index (χ0v) is 14.9. The van der Waals surface area contributed by atoms with Gasteiger partial charge in [-0.15, -0.1) is 0 Å². The van der Waals surface area contributed by atoms with Gasteiger partial charge in [0.05, 0.1) is 5.69 Å². The molecule has 5 nitrogen and oxygen atoms in total. The minimum absolute atomic E-state index is 0.152. The standard InChI is InChI=1S/C21H21FN4O/c22-18-7-1-4-15(10-18)13-26-9-3-6-17(14-26)19-11-20(27)25-21(24-19)16-5-2-8-23-12-16/h1-2,4-5,7-8,10-12,17H,3,6,9,13-14H2,(H,24,25,27). The zero-order valence-electron chi connectivity index (χ0n) is 14.9. The lowest BCUT2D eigenvalue weighted by Crippen LogP contribution is -2.34. The summed E-state index contributed by atoms with van der Waals surface area (Å²) in [5.41, 5.74) is 2.41. The molecule has 0 bridgehead atoms. The lowest BCUT2D eigenvalue weighted by Gasteiger charge is -2.32. The van der Waals surface area contributed by atoms with Crippen molar-refractivity contribution in [3.05, 3.63) is 82.3 Å². The highest BCUT2D eigenvalue weighted by Crippen LogP contribution is 2.27. The van der Waals surface area contributed by atoms with Crippen LogP contribution in [0.25, 0.3) is 11.4 Å². The normalized spacial score (nSPS) is 17.7. The second-order valence-corrected chi connectivity index (χ2v) is 6.96. The van der Waals surface area contributed by atoms with Gasteiger partial charge >= 0.3 is 0 Å². The summed E-state index contributed by atoms with van der Waals surface area (Å²) in [7, 11) is 0. The summed E-state index contributed by atoms with van der Waals surface area (Å²) in [6, 6.07) is 12.0. The van der Waals surface area contributed by atoms with Crippen molar-refractivity contribution in [3.63, 3.8) is 0 Å². The van der Waals surface area contributed by atoms with E-state index in [1.165, 1.54) is 6.07 Å².